The molecule has 0 radical (unpaired) electrons. The number of hydrogen-bond acceptors (Lipinski definition) is 4. The third kappa shape index (κ3) is 4.62. The number of aliphatic hydroxyl groups is 1. The number of nitrogens with zero attached hydrogens (tertiary/aromatic N) is 1. The minimum atomic E-state index is -0.220. The summed E-state index contributed by atoms with van der Waals surface area (Å²) >= 11 is 0. The van der Waals surface area contributed by atoms with Gasteiger partial charge in [-0.1, -0.05) is 13.3 Å². The van der Waals surface area contributed by atoms with Crippen LogP contribution in [0.4, 0.5) is 0 Å². The quantitative estimate of drug-likeness (QED) is 0.705. The molecule has 0 aliphatic heterocycles. The number of Topliss-reactive ketones (excluding diaryl/α,β-unsaturated/α-hetero) is 1. The van der Waals surface area contributed by atoms with Gasteiger partial charge < -0.3 is 9.84 Å². The SMILES string of the molecule is CCCCN(CCO)C(C)C(=O)c1ccc(OC)cc1. The van der Waals surface area contributed by atoms with Gasteiger partial charge in [0, 0.05) is 12.1 Å². The summed E-state index contributed by atoms with van der Waals surface area (Å²) in [6, 6.07) is 6.94. The molecule has 0 spiro atoms. The van der Waals surface area contributed by atoms with Gasteiger partial charge in [-0.15, -0.1) is 0 Å². The molecule has 0 heterocycles. The van der Waals surface area contributed by atoms with E-state index in [4.69, 9.17) is 9.84 Å². The predicted molar refractivity (Wildman–Crippen MR) is 80.4 cm³/mol. The van der Waals surface area contributed by atoms with E-state index in [1.54, 1.807) is 31.4 Å². The van der Waals surface area contributed by atoms with Crippen molar-refractivity contribution in [2.75, 3.05) is 26.8 Å². The molecule has 0 aliphatic carbocycles. The molecule has 20 heavy (non-hydrogen) atoms. The van der Waals surface area contributed by atoms with Crippen LogP contribution in [0.25, 0.3) is 0 Å². The maximum absolute atomic E-state index is 12.5. The Morgan fingerprint density at radius 2 is 1.95 bits per heavy atom. The van der Waals surface area contributed by atoms with E-state index in [1.165, 1.54) is 0 Å². The molecule has 0 fully saturated rings. The Morgan fingerprint density at radius 3 is 2.45 bits per heavy atom. The fourth-order valence-electron chi connectivity index (χ4n) is 2.15. The highest BCUT2D eigenvalue weighted by Gasteiger charge is 2.21. The van der Waals surface area contributed by atoms with Crippen LogP contribution in [0.2, 0.25) is 0 Å². The standard InChI is InChI=1S/C16H25NO3/c1-4-5-10-17(11-12-18)13(2)16(19)14-6-8-15(20-3)9-7-14/h6-9,13,18H,4-5,10-12H2,1-3H3. The first-order chi connectivity index (χ1) is 9.63. The van der Waals surface area contributed by atoms with E-state index in [-0.39, 0.29) is 18.4 Å². The number of methoxy groups -OCH3 is 1. The Balaban J connectivity index is 2.75. The molecule has 4 heteroatoms. The van der Waals surface area contributed by atoms with E-state index in [0.717, 1.165) is 25.1 Å². The third-order valence-corrected chi connectivity index (χ3v) is 3.49. The number of rotatable bonds is 9. The van der Waals surface area contributed by atoms with Crippen molar-refractivity contribution in [3.8, 4) is 5.75 Å². The summed E-state index contributed by atoms with van der Waals surface area (Å²) in [5, 5.41) is 9.14. The van der Waals surface area contributed by atoms with Crippen LogP contribution in [-0.2, 0) is 0 Å². The minimum Gasteiger partial charge on any atom is -0.497 e. The molecule has 1 N–H and O–H groups in total. The monoisotopic (exact) mass is 279 g/mol. The second-order valence-corrected chi connectivity index (χ2v) is 4.88. The molecule has 1 atom stereocenters. The van der Waals surface area contributed by atoms with Crippen molar-refractivity contribution in [2.24, 2.45) is 0 Å². The largest absolute Gasteiger partial charge is 0.497 e. The van der Waals surface area contributed by atoms with Crippen LogP contribution >= 0.6 is 0 Å². The maximum atomic E-state index is 12.5. The molecule has 112 valence electrons. The maximum Gasteiger partial charge on any atom is 0.179 e. The number of benzene rings is 1. The Hall–Kier alpha value is -1.39. The van der Waals surface area contributed by atoms with Crippen LogP contribution in [0.3, 0.4) is 0 Å². The van der Waals surface area contributed by atoms with Crippen molar-refractivity contribution >= 4 is 5.78 Å². The highest BCUT2D eigenvalue weighted by Crippen LogP contribution is 2.15. The summed E-state index contributed by atoms with van der Waals surface area (Å²) < 4.78 is 5.09. The molecule has 1 aromatic rings. The average Bonchev–Trinajstić information content (AvgIpc) is 2.50. The first kappa shape index (κ1) is 16.7. The lowest BCUT2D eigenvalue weighted by Gasteiger charge is -2.27. The molecular weight excluding hydrogens is 254 g/mol. The van der Waals surface area contributed by atoms with Gasteiger partial charge in [-0.2, -0.15) is 0 Å². The van der Waals surface area contributed by atoms with Crippen molar-refractivity contribution < 1.29 is 14.6 Å². The van der Waals surface area contributed by atoms with Gasteiger partial charge in [-0.25, -0.2) is 0 Å². The van der Waals surface area contributed by atoms with Crippen molar-refractivity contribution in [1.82, 2.24) is 4.90 Å². The third-order valence-electron chi connectivity index (χ3n) is 3.49. The van der Waals surface area contributed by atoms with Crippen LogP contribution in [0, 0.1) is 0 Å². The van der Waals surface area contributed by atoms with E-state index in [9.17, 15) is 4.79 Å². The Kier molecular flexibility index (Phi) is 7.26. The molecule has 1 rings (SSSR count). The normalized spacial score (nSPS) is 12.4. The van der Waals surface area contributed by atoms with E-state index >= 15 is 0 Å². The topological polar surface area (TPSA) is 49.8 Å². The summed E-state index contributed by atoms with van der Waals surface area (Å²) in [5.74, 6) is 0.824. The number of aliphatic hydroxyl groups excluding tert-OH is 1. The van der Waals surface area contributed by atoms with Gasteiger partial charge in [0.05, 0.1) is 19.8 Å². The van der Waals surface area contributed by atoms with Crippen molar-refractivity contribution in [3.63, 3.8) is 0 Å². The molecule has 0 bridgehead atoms. The number of carbonyl (C=O) groups excluding carboxylic acids is 1. The second-order valence-electron chi connectivity index (χ2n) is 4.88. The van der Waals surface area contributed by atoms with Crippen molar-refractivity contribution in [1.29, 1.82) is 0 Å². The van der Waals surface area contributed by atoms with E-state index in [1.807, 2.05) is 11.8 Å². The Labute approximate surface area is 121 Å². The zero-order valence-corrected chi connectivity index (χ0v) is 12.6. The minimum absolute atomic E-state index is 0.0734. The smallest absolute Gasteiger partial charge is 0.179 e. The van der Waals surface area contributed by atoms with Gasteiger partial charge in [0.15, 0.2) is 5.78 Å². The van der Waals surface area contributed by atoms with Crippen LogP contribution in [0.1, 0.15) is 37.0 Å². The van der Waals surface area contributed by atoms with Gasteiger partial charge in [0.1, 0.15) is 5.75 Å². The fourth-order valence-corrected chi connectivity index (χ4v) is 2.15. The fraction of sp³-hybridized carbons (Fsp3) is 0.562. The predicted octanol–water partition coefficient (Wildman–Crippen LogP) is 2.36. The summed E-state index contributed by atoms with van der Waals surface area (Å²) in [5.41, 5.74) is 0.678. The molecule has 0 saturated carbocycles. The first-order valence-electron chi connectivity index (χ1n) is 7.17. The molecule has 0 amide bonds. The van der Waals surface area contributed by atoms with Gasteiger partial charge in [-0.05, 0) is 44.2 Å². The molecule has 1 aromatic carbocycles. The van der Waals surface area contributed by atoms with E-state index in [2.05, 4.69) is 6.92 Å². The summed E-state index contributed by atoms with van der Waals surface area (Å²) in [7, 11) is 1.60. The lowest BCUT2D eigenvalue weighted by atomic mass is 10.0. The summed E-state index contributed by atoms with van der Waals surface area (Å²) in [4.78, 5) is 14.5. The Morgan fingerprint density at radius 1 is 1.30 bits per heavy atom. The zero-order valence-electron chi connectivity index (χ0n) is 12.6. The van der Waals surface area contributed by atoms with Crippen LogP contribution in [0.5, 0.6) is 5.75 Å². The number of ether oxygens (including phenoxy) is 1. The number of unbranched alkanes of at least 4 members (excludes halogenated alkanes) is 1. The highest BCUT2D eigenvalue weighted by molar-refractivity contribution is 5.99. The molecular formula is C16H25NO3. The van der Waals surface area contributed by atoms with Gasteiger partial charge in [0.25, 0.3) is 0 Å². The molecule has 0 aromatic heterocycles. The highest BCUT2D eigenvalue weighted by atomic mass is 16.5. The van der Waals surface area contributed by atoms with Crippen LogP contribution in [0.15, 0.2) is 24.3 Å². The summed E-state index contributed by atoms with van der Waals surface area (Å²) in [6.07, 6.45) is 2.10. The average molecular weight is 279 g/mol. The molecule has 0 saturated heterocycles. The van der Waals surface area contributed by atoms with E-state index in [0.29, 0.717) is 12.1 Å². The lowest BCUT2D eigenvalue weighted by Crippen LogP contribution is -2.41. The van der Waals surface area contributed by atoms with Crippen LogP contribution in [-0.4, -0.2) is 48.6 Å². The van der Waals surface area contributed by atoms with Crippen molar-refractivity contribution in [2.45, 2.75) is 32.7 Å². The zero-order chi connectivity index (χ0) is 15.0. The van der Waals surface area contributed by atoms with Crippen LogP contribution < -0.4 is 4.74 Å². The number of hydrogen-bond donors (Lipinski definition) is 1. The number of ketones is 1. The van der Waals surface area contributed by atoms with Gasteiger partial charge in [0.2, 0.25) is 0 Å². The molecule has 4 nitrogen and oxygen atoms in total. The summed E-state index contributed by atoms with van der Waals surface area (Å²) in [6.45, 7) is 5.46. The molecule has 1 unspecified atom stereocenters. The second kappa shape index (κ2) is 8.72. The van der Waals surface area contributed by atoms with Crippen molar-refractivity contribution in [3.05, 3.63) is 29.8 Å². The first-order valence-corrected chi connectivity index (χ1v) is 7.17. The van der Waals surface area contributed by atoms with Gasteiger partial charge in [-0.3, -0.25) is 9.69 Å². The number of carbonyl (C=O) groups is 1. The lowest BCUT2D eigenvalue weighted by molar-refractivity contribution is 0.0805. The van der Waals surface area contributed by atoms with Gasteiger partial charge >= 0.3 is 0 Å². The Bertz CT molecular complexity index is 403. The molecule has 0 aliphatic rings. The van der Waals surface area contributed by atoms with E-state index < -0.39 is 0 Å².